The summed E-state index contributed by atoms with van der Waals surface area (Å²) in [5.41, 5.74) is 1.50. The molecule has 0 amide bonds. The zero-order valence-electron chi connectivity index (χ0n) is 11.9. The van der Waals surface area contributed by atoms with Gasteiger partial charge in [0, 0.05) is 19.0 Å². The normalized spacial score (nSPS) is 22.1. The first kappa shape index (κ1) is 13.2. The minimum absolute atomic E-state index is 0.676. The molecule has 0 N–H and O–H groups in total. The van der Waals surface area contributed by atoms with Crippen molar-refractivity contribution < 1.29 is 0 Å². The molecule has 3 heteroatoms. The average Bonchev–Trinajstić information content (AvgIpc) is 2.97. The number of nitriles is 1. The van der Waals surface area contributed by atoms with E-state index in [-0.39, 0.29) is 0 Å². The maximum Gasteiger partial charge on any atom is 0.105 e. The highest BCUT2D eigenvalue weighted by Gasteiger charge is 2.27. The van der Waals surface area contributed by atoms with E-state index < -0.39 is 0 Å². The molecule has 2 aliphatic rings. The van der Waals surface area contributed by atoms with Crippen LogP contribution in [0.3, 0.4) is 0 Å². The number of para-hydroxylation sites is 1. The monoisotopic (exact) mass is 267 g/mol. The van der Waals surface area contributed by atoms with E-state index >= 15 is 0 Å². The van der Waals surface area contributed by atoms with Gasteiger partial charge in [-0.25, -0.2) is 4.99 Å². The summed E-state index contributed by atoms with van der Waals surface area (Å²) in [4.78, 5) is 7.31. The minimum Gasteiger partial charge on any atom is -0.357 e. The highest BCUT2D eigenvalue weighted by Crippen LogP contribution is 2.28. The first-order valence-electron chi connectivity index (χ1n) is 7.72. The molecule has 3 nitrogen and oxygen atoms in total. The molecule has 0 unspecified atom stereocenters. The molecule has 0 spiro atoms. The van der Waals surface area contributed by atoms with Crippen molar-refractivity contribution in [3.63, 3.8) is 0 Å². The first-order valence-corrected chi connectivity index (χ1v) is 7.72. The van der Waals surface area contributed by atoms with Gasteiger partial charge in [-0.1, -0.05) is 31.4 Å². The summed E-state index contributed by atoms with van der Waals surface area (Å²) >= 11 is 0. The Balaban J connectivity index is 1.84. The third-order valence-corrected chi connectivity index (χ3v) is 4.42. The molecule has 0 atom stereocenters. The molecule has 3 rings (SSSR count). The zero-order chi connectivity index (χ0) is 13.8. The van der Waals surface area contributed by atoms with Crippen molar-refractivity contribution in [3.05, 3.63) is 29.8 Å². The van der Waals surface area contributed by atoms with Crippen LogP contribution in [0.15, 0.2) is 29.3 Å². The van der Waals surface area contributed by atoms with Crippen molar-refractivity contribution in [2.75, 3.05) is 6.54 Å². The van der Waals surface area contributed by atoms with Crippen LogP contribution in [0.1, 0.15) is 50.5 Å². The summed E-state index contributed by atoms with van der Waals surface area (Å²) < 4.78 is 0. The summed E-state index contributed by atoms with van der Waals surface area (Å²) in [6.45, 7) is 1.14. The smallest absolute Gasteiger partial charge is 0.105 e. The Hall–Kier alpha value is -1.82. The van der Waals surface area contributed by atoms with Crippen molar-refractivity contribution in [3.8, 4) is 6.07 Å². The van der Waals surface area contributed by atoms with E-state index in [1.54, 1.807) is 0 Å². The SMILES string of the molecule is N#Cc1ccccc1N=C1CCCN1C1CCCCC1. The first-order chi connectivity index (χ1) is 9.88. The van der Waals surface area contributed by atoms with Gasteiger partial charge in [-0.15, -0.1) is 0 Å². The quantitative estimate of drug-likeness (QED) is 0.812. The third-order valence-electron chi connectivity index (χ3n) is 4.42. The number of nitrogens with zero attached hydrogens (tertiary/aromatic N) is 3. The van der Waals surface area contributed by atoms with E-state index in [0.29, 0.717) is 11.6 Å². The maximum absolute atomic E-state index is 9.17. The molecule has 1 saturated carbocycles. The van der Waals surface area contributed by atoms with E-state index in [9.17, 15) is 5.26 Å². The number of likely N-dealkylation sites (tertiary alicyclic amines) is 1. The fraction of sp³-hybridized carbons (Fsp3) is 0.529. The lowest BCUT2D eigenvalue weighted by Crippen LogP contribution is -2.37. The molecule has 0 aromatic heterocycles. The third kappa shape index (κ3) is 2.70. The Morgan fingerprint density at radius 1 is 1.10 bits per heavy atom. The van der Waals surface area contributed by atoms with Crippen molar-refractivity contribution in [1.82, 2.24) is 4.90 Å². The Morgan fingerprint density at radius 3 is 2.70 bits per heavy atom. The summed E-state index contributed by atoms with van der Waals surface area (Å²) in [7, 11) is 0. The van der Waals surface area contributed by atoms with Gasteiger partial charge in [-0.3, -0.25) is 0 Å². The van der Waals surface area contributed by atoms with Crippen LogP contribution in [-0.2, 0) is 0 Å². The fourth-order valence-electron chi connectivity index (χ4n) is 3.39. The van der Waals surface area contributed by atoms with Crippen LogP contribution < -0.4 is 0 Å². The topological polar surface area (TPSA) is 39.4 Å². The molecule has 20 heavy (non-hydrogen) atoms. The van der Waals surface area contributed by atoms with Crippen LogP contribution in [0, 0.1) is 11.3 Å². The number of hydrogen-bond donors (Lipinski definition) is 0. The van der Waals surface area contributed by atoms with Gasteiger partial charge >= 0.3 is 0 Å². The molecular weight excluding hydrogens is 246 g/mol. The zero-order valence-corrected chi connectivity index (χ0v) is 11.9. The highest BCUT2D eigenvalue weighted by atomic mass is 15.2. The van der Waals surface area contributed by atoms with E-state index in [4.69, 9.17) is 4.99 Å². The Labute approximate surface area is 120 Å². The molecule has 2 fully saturated rings. The maximum atomic E-state index is 9.17. The number of aliphatic imine (C=N–C) groups is 1. The van der Waals surface area contributed by atoms with Gasteiger partial charge in [0.15, 0.2) is 0 Å². The second-order valence-corrected chi connectivity index (χ2v) is 5.75. The van der Waals surface area contributed by atoms with E-state index in [0.717, 1.165) is 18.7 Å². The predicted molar refractivity (Wildman–Crippen MR) is 81.1 cm³/mol. The largest absolute Gasteiger partial charge is 0.357 e. The van der Waals surface area contributed by atoms with Crippen LogP contribution in [-0.4, -0.2) is 23.3 Å². The molecule has 1 saturated heterocycles. The number of amidine groups is 1. The average molecular weight is 267 g/mol. The molecule has 1 heterocycles. The Morgan fingerprint density at radius 2 is 1.90 bits per heavy atom. The van der Waals surface area contributed by atoms with Crippen LogP contribution in [0.25, 0.3) is 0 Å². The van der Waals surface area contributed by atoms with Crippen LogP contribution in [0.4, 0.5) is 5.69 Å². The second-order valence-electron chi connectivity index (χ2n) is 5.75. The van der Waals surface area contributed by atoms with E-state index in [2.05, 4.69) is 11.0 Å². The van der Waals surface area contributed by atoms with Crippen LogP contribution in [0.5, 0.6) is 0 Å². The van der Waals surface area contributed by atoms with Crippen molar-refractivity contribution in [2.24, 2.45) is 4.99 Å². The lowest BCUT2D eigenvalue weighted by molar-refractivity contribution is 0.258. The number of hydrogen-bond acceptors (Lipinski definition) is 2. The lowest BCUT2D eigenvalue weighted by Gasteiger charge is -2.32. The van der Waals surface area contributed by atoms with Gasteiger partial charge in [-0.05, 0) is 31.4 Å². The van der Waals surface area contributed by atoms with Gasteiger partial charge in [-0.2, -0.15) is 5.26 Å². The van der Waals surface area contributed by atoms with Gasteiger partial charge in [0.25, 0.3) is 0 Å². The fourth-order valence-corrected chi connectivity index (χ4v) is 3.39. The standard InChI is InChI=1S/C17H21N3/c18-13-14-7-4-5-10-16(14)19-17-11-6-12-20(17)15-8-2-1-3-9-15/h4-5,7,10,15H,1-3,6,8-9,11-12H2. The predicted octanol–water partition coefficient (Wildman–Crippen LogP) is 4.02. The molecule has 0 bridgehead atoms. The Bertz CT molecular complexity index is 535. The van der Waals surface area contributed by atoms with Gasteiger partial charge < -0.3 is 4.90 Å². The molecule has 0 radical (unpaired) electrons. The molecule has 1 aromatic carbocycles. The number of rotatable bonds is 2. The highest BCUT2D eigenvalue weighted by molar-refractivity contribution is 5.87. The summed E-state index contributed by atoms with van der Waals surface area (Å²) in [5.74, 6) is 1.19. The lowest BCUT2D eigenvalue weighted by atomic mass is 9.94. The Kier molecular flexibility index (Phi) is 4.01. The molecular formula is C17H21N3. The van der Waals surface area contributed by atoms with Crippen molar-refractivity contribution in [2.45, 2.75) is 51.0 Å². The summed E-state index contributed by atoms with van der Waals surface area (Å²) in [5, 5.41) is 9.17. The summed E-state index contributed by atoms with van der Waals surface area (Å²) in [6.07, 6.45) is 8.94. The molecule has 1 aliphatic heterocycles. The summed E-state index contributed by atoms with van der Waals surface area (Å²) in [6, 6.07) is 10.6. The van der Waals surface area contributed by atoms with Crippen LogP contribution >= 0.6 is 0 Å². The van der Waals surface area contributed by atoms with Crippen molar-refractivity contribution >= 4 is 11.5 Å². The van der Waals surface area contributed by atoms with Gasteiger partial charge in [0.05, 0.1) is 11.3 Å². The second kappa shape index (κ2) is 6.09. The van der Waals surface area contributed by atoms with E-state index in [1.807, 2.05) is 24.3 Å². The number of benzene rings is 1. The molecule has 104 valence electrons. The molecule has 1 aliphatic carbocycles. The van der Waals surface area contributed by atoms with Gasteiger partial charge in [0.1, 0.15) is 11.9 Å². The van der Waals surface area contributed by atoms with Gasteiger partial charge in [0.2, 0.25) is 0 Å². The minimum atomic E-state index is 0.676. The van der Waals surface area contributed by atoms with E-state index in [1.165, 1.54) is 44.4 Å². The molecule has 1 aromatic rings. The van der Waals surface area contributed by atoms with Crippen LogP contribution in [0.2, 0.25) is 0 Å². The van der Waals surface area contributed by atoms with Crippen molar-refractivity contribution in [1.29, 1.82) is 5.26 Å².